The second kappa shape index (κ2) is 6.47. The summed E-state index contributed by atoms with van der Waals surface area (Å²) >= 11 is 0. The summed E-state index contributed by atoms with van der Waals surface area (Å²) < 4.78 is 16.4. The molecule has 0 fully saturated rings. The second-order valence-electron chi connectivity index (χ2n) is 7.19. The number of hydrogen-bond acceptors (Lipinski definition) is 3. The van der Waals surface area contributed by atoms with E-state index in [1.807, 2.05) is 37.4 Å². The molecule has 0 unspecified atom stereocenters. The number of aryl methyl sites for hydroxylation is 2. The molecule has 0 saturated carbocycles. The van der Waals surface area contributed by atoms with Gasteiger partial charge in [-0.1, -0.05) is 19.9 Å². The zero-order chi connectivity index (χ0) is 18.3. The number of fused-ring (bicyclic) bond motifs is 1. The van der Waals surface area contributed by atoms with Crippen molar-refractivity contribution >= 4 is 11.3 Å². The Bertz CT molecular complexity index is 941. The normalized spacial score (nSPS) is 11.6. The lowest BCUT2D eigenvalue weighted by molar-refractivity contribution is 0.591. The first kappa shape index (κ1) is 17.4. The Hall–Kier alpha value is -2.43. The van der Waals surface area contributed by atoms with Gasteiger partial charge in [0.25, 0.3) is 0 Å². The predicted molar refractivity (Wildman–Crippen MR) is 99.4 cm³/mol. The van der Waals surface area contributed by atoms with E-state index in [-0.39, 0.29) is 5.82 Å². The summed E-state index contributed by atoms with van der Waals surface area (Å²) in [6, 6.07) is 1.96. The van der Waals surface area contributed by atoms with Gasteiger partial charge in [0.1, 0.15) is 23.0 Å². The van der Waals surface area contributed by atoms with E-state index in [9.17, 15) is 4.39 Å². The quantitative estimate of drug-likeness (QED) is 0.776. The molecule has 3 aromatic rings. The van der Waals surface area contributed by atoms with E-state index >= 15 is 0 Å². The lowest BCUT2D eigenvalue weighted by Gasteiger charge is -2.17. The van der Waals surface area contributed by atoms with Crippen molar-refractivity contribution in [2.45, 2.75) is 47.5 Å². The van der Waals surface area contributed by atoms with Crippen LogP contribution in [0, 0.1) is 32.5 Å². The van der Waals surface area contributed by atoms with Gasteiger partial charge in [0.05, 0.1) is 5.69 Å². The van der Waals surface area contributed by atoms with Gasteiger partial charge in [0, 0.05) is 18.8 Å². The van der Waals surface area contributed by atoms with Crippen molar-refractivity contribution in [3.05, 3.63) is 58.0 Å². The Morgan fingerprint density at radius 2 is 1.96 bits per heavy atom. The van der Waals surface area contributed by atoms with Gasteiger partial charge < -0.3 is 5.73 Å². The van der Waals surface area contributed by atoms with E-state index in [4.69, 9.17) is 10.7 Å². The summed E-state index contributed by atoms with van der Waals surface area (Å²) in [6.45, 7) is 9.94. The van der Waals surface area contributed by atoms with Crippen LogP contribution in [0.2, 0.25) is 0 Å². The lowest BCUT2D eigenvalue weighted by atomic mass is 9.90. The molecule has 0 aliphatic heterocycles. The van der Waals surface area contributed by atoms with E-state index in [2.05, 4.69) is 18.8 Å². The molecule has 4 nitrogen and oxygen atoms in total. The molecule has 0 amide bonds. The summed E-state index contributed by atoms with van der Waals surface area (Å²) in [5, 5.41) is 0. The van der Waals surface area contributed by atoms with Crippen molar-refractivity contribution in [2.24, 2.45) is 5.92 Å². The largest absolute Gasteiger partial charge is 0.382 e. The Kier molecular flexibility index (Phi) is 4.50. The monoisotopic (exact) mass is 340 g/mol. The van der Waals surface area contributed by atoms with Gasteiger partial charge in [-0.3, -0.25) is 4.40 Å². The third-order valence-corrected chi connectivity index (χ3v) is 4.70. The SMILES string of the molecule is Cc1cc(Cc2nc(C)c3c(N)nccn23)c(CC(C)C)c(C)c1F. The number of aromatic nitrogens is 3. The van der Waals surface area contributed by atoms with Crippen molar-refractivity contribution in [2.75, 3.05) is 5.73 Å². The molecule has 2 heterocycles. The fourth-order valence-electron chi connectivity index (χ4n) is 3.54. The standard InChI is InChI=1S/C20H25FN4/c1-11(2)8-16-13(4)18(21)12(3)9-15(16)10-17-24-14(5)19-20(22)23-6-7-25(17)19/h6-7,9,11H,8,10H2,1-5H3,(H2,22,23). The number of imidazole rings is 1. The zero-order valence-electron chi connectivity index (χ0n) is 15.5. The molecular weight excluding hydrogens is 315 g/mol. The Labute approximate surface area is 147 Å². The minimum Gasteiger partial charge on any atom is -0.382 e. The van der Waals surface area contributed by atoms with Gasteiger partial charge in [0.15, 0.2) is 0 Å². The topological polar surface area (TPSA) is 56.2 Å². The first-order valence-electron chi connectivity index (χ1n) is 8.65. The lowest BCUT2D eigenvalue weighted by Crippen LogP contribution is -2.08. The number of nitrogen functional groups attached to an aromatic ring is 1. The third kappa shape index (κ3) is 3.11. The van der Waals surface area contributed by atoms with Crippen LogP contribution in [-0.4, -0.2) is 14.4 Å². The van der Waals surface area contributed by atoms with Crippen molar-refractivity contribution < 1.29 is 4.39 Å². The van der Waals surface area contributed by atoms with Crippen LogP contribution in [0.1, 0.15) is 47.6 Å². The fourth-order valence-corrected chi connectivity index (χ4v) is 3.54. The van der Waals surface area contributed by atoms with Crippen LogP contribution in [0.25, 0.3) is 5.52 Å². The van der Waals surface area contributed by atoms with Gasteiger partial charge in [-0.25, -0.2) is 14.4 Å². The van der Waals surface area contributed by atoms with Crippen LogP contribution in [0.3, 0.4) is 0 Å². The predicted octanol–water partition coefficient (Wildman–Crippen LogP) is 4.17. The van der Waals surface area contributed by atoms with Crippen molar-refractivity contribution in [3.63, 3.8) is 0 Å². The number of anilines is 1. The maximum absolute atomic E-state index is 14.4. The molecule has 0 aliphatic carbocycles. The van der Waals surface area contributed by atoms with Gasteiger partial charge in [0.2, 0.25) is 0 Å². The summed E-state index contributed by atoms with van der Waals surface area (Å²) in [6.07, 6.45) is 5.06. The molecule has 0 bridgehead atoms. The highest BCUT2D eigenvalue weighted by molar-refractivity contribution is 5.68. The Morgan fingerprint density at radius 3 is 2.64 bits per heavy atom. The molecule has 2 aromatic heterocycles. The molecule has 2 N–H and O–H groups in total. The molecule has 132 valence electrons. The van der Waals surface area contributed by atoms with E-state index in [0.717, 1.165) is 40.1 Å². The number of nitrogens with two attached hydrogens (primary N) is 1. The molecule has 0 radical (unpaired) electrons. The highest BCUT2D eigenvalue weighted by atomic mass is 19.1. The molecule has 0 saturated heterocycles. The minimum absolute atomic E-state index is 0.1000. The summed E-state index contributed by atoms with van der Waals surface area (Å²) in [5.74, 6) is 1.74. The van der Waals surface area contributed by atoms with Gasteiger partial charge in [-0.15, -0.1) is 0 Å². The maximum Gasteiger partial charge on any atom is 0.149 e. The van der Waals surface area contributed by atoms with Crippen molar-refractivity contribution in [1.82, 2.24) is 14.4 Å². The van der Waals surface area contributed by atoms with Gasteiger partial charge in [-0.05, 0) is 55.4 Å². The summed E-state index contributed by atoms with van der Waals surface area (Å²) in [5.41, 5.74) is 11.4. The van der Waals surface area contributed by atoms with E-state index in [0.29, 0.717) is 23.7 Å². The molecule has 0 atom stereocenters. The third-order valence-electron chi connectivity index (χ3n) is 4.70. The Morgan fingerprint density at radius 1 is 1.24 bits per heavy atom. The van der Waals surface area contributed by atoms with Crippen molar-refractivity contribution in [3.8, 4) is 0 Å². The van der Waals surface area contributed by atoms with Crippen LogP contribution < -0.4 is 5.73 Å². The molecular formula is C20H25FN4. The number of benzene rings is 1. The average molecular weight is 340 g/mol. The molecule has 0 aliphatic rings. The average Bonchev–Trinajstić information content (AvgIpc) is 2.86. The highest BCUT2D eigenvalue weighted by Gasteiger charge is 2.18. The summed E-state index contributed by atoms with van der Waals surface area (Å²) in [7, 11) is 0. The second-order valence-corrected chi connectivity index (χ2v) is 7.19. The Balaban J connectivity index is 2.14. The van der Waals surface area contributed by atoms with Gasteiger partial charge in [-0.2, -0.15) is 0 Å². The number of hydrogen-bond donors (Lipinski definition) is 1. The summed E-state index contributed by atoms with van der Waals surface area (Å²) in [4.78, 5) is 8.85. The van der Waals surface area contributed by atoms with Gasteiger partial charge >= 0.3 is 0 Å². The van der Waals surface area contributed by atoms with Crippen LogP contribution >= 0.6 is 0 Å². The molecule has 3 rings (SSSR count). The van der Waals surface area contributed by atoms with Crippen LogP contribution in [0.15, 0.2) is 18.5 Å². The highest BCUT2D eigenvalue weighted by Crippen LogP contribution is 2.27. The molecule has 1 aromatic carbocycles. The minimum atomic E-state index is -0.1000. The van der Waals surface area contributed by atoms with Crippen molar-refractivity contribution in [1.29, 1.82) is 0 Å². The van der Waals surface area contributed by atoms with E-state index in [1.165, 1.54) is 0 Å². The van der Waals surface area contributed by atoms with Crippen LogP contribution in [0.5, 0.6) is 0 Å². The van der Waals surface area contributed by atoms with E-state index < -0.39 is 0 Å². The molecule has 0 spiro atoms. The first-order valence-corrected chi connectivity index (χ1v) is 8.65. The smallest absolute Gasteiger partial charge is 0.149 e. The molecule has 5 heteroatoms. The maximum atomic E-state index is 14.4. The number of halogens is 1. The number of nitrogens with zero attached hydrogens (tertiary/aromatic N) is 3. The zero-order valence-corrected chi connectivity index (χ0v) is 15.5. The van der Waals surface area contributed by atoms with E-state index in [1.54, 1.807) is 6.20 Å². The molecule has 25 heavy (non-hydrogen) atoms. The van der Waals surface area contributed by atoms with Crippen LogP contribution in [-0.2, 0) is 12.8 Å². The number of rotatable bonds is 4. The first-order chi connectivity index (χ1) is 11.8. The fraction of sp³-hybridized carbons (Fsp3) is 0.400. The van der Waals surface area contributed by atoms with Crippen LogP contribution in [0.4, 0.5) is 10.2 Å².